The van der Waals surface area contributed by atoms with Crippen LogP contribution in [0.25, 0.3) is 0 Å². The summed E-state index contributed by atoms with van der Waals surface area (Å²) in [5.74, 6) is -0.604. The van der Waals surface area contributed by atoms with E-state index in [0.717, 1.165) is 17.7 Å². The first-order valence-electron chi connectivity index (χ1n) is 8.69. The molecule has 0 unspecified atom stereocenters. The Bertz CT molecular complexity index is 968. The molecule has 0 radical (unpaired) electrons. The van der Waals surface area contributed by atoms with E-state index in [-0.39, 0.29) is 18.4 Å². The van der Waals surface area contributed by atoms with Gasteiger partial charge in [-0.1, -0.05) is 41.4 Å². The molecule has 0 fully saturated rings. The fourth-order valence-corrected chi connectivity index (χ4v) is 2.97. The van der Waals surface area contributed by atoms with Crippen molar-refractivity contribution in [1.29, 1.82) is 0 Å². The van der Waals surface area contributed by atoms with E-state index in [2.05, 4.69) is 10.6 Å². The normalized spacial score (nSPS) is 10.5. The van der Waals surface area contributed by atoms with Gasteiger partial charge in [0.25, 0.3) is 5.91 Å². The smallest absolute Gasteiger partial charge is 0.251 e. The van der Waals surface area contributed by atoms with Crippen molar-refractivity contribution < 1.29 is 9.59 Å². The molecule has 7 heteroatoms. The van der Waals surface area contributed by atoms with E-state index < -0.39 is 0 Å². The van der Waals surface area contributed by atoms with Gasteiger partial charge in [0, 0.05) is 41.1 Å². The van der Waals surface area contributed by atoms with Crippen molar-refractivity contribution in [3.63, 3.8) is 0 Å². The standard InChI is InChI=1S/C21H19Cl2N3O2/c22-18-6-4-15(5-7-18)13-26-9-8-16(14-26)11-24-20(27)12-25-21(28)17-2-1-3-19(23)10-17/h1-10,14H,11-13H2,(H,24,27)(H,25,28). The molecule has 0 saturated carbocycles. The highest BCUT2D eigenvalue weighted by Gasteiger charge is 2.08. The average Bonchev–Trinajstić information content (AvgIpc) is 3.13. The van der Waals surface area contributed by atoms with E-state index in [1.165, 1.54) is 0 Å². The van der Waals surface area contributed by atoms with Gasteiger partial charge in [-0.3, -0.25) is 9.59 Å². The molecule has 3 aromatic rings. The number of hydrogen-bond donors (Lipinski definition) is 2. The molecule has 144 valence electrons. The van der Waals surface area contributed by atoms with Crippen LogP contribution >= 0.6 is 23.2 Å². The molecule has 0 aliphatic heterocycles. The molecule has 28 heavy (non-hydrogen) atoms. The van der Waals surface area contributed by atoms with Crippen molar-refractivity contribution >= 4 is 35.0 Å². The van der Waals surface area contributed by atoms with Gasteiger partial charge < -0.3 is 15.2 Å². The molecule has 2 amide bonds. The number of nitrogens with one attached hydrogen (secondary N) is 2. The number of hydrogen-bond acceptors (Lipinski definition) is 2. The van der Waals surface area contributed by atoms with Gasteiger partial charge in [0.15, 0.2) is 0 Å². The van der Waals surface area contributed by atoms with Gasteiger partial charge in [-0.15, -0.1) is 0 Å². The summed E-state index contributed by atoms with van der Waals surface area (Å²) in [7, 11) is 0. The number of nitrogens with zero attached hydrogens (tertiary/aromatic N) is 1. The number of carbonyl (C=O) groups excluding carboxylic acids is 2. The zero-order valence-electron chi connectivity index (χ0n) is 15.0. The molecule has 2 aromatic carbocycles. The monoisotopic (exact) mass is 415 g/mol. The van der Waals surface area contributed by atoms with Crippen molar-refractivity contribution in [3.05, 3.63) is 93.7 Å². The van der Waals surface area contributed by atoms with Gasteiger partial charge in [0.05, 0.1) is 6.54 Å². The molecule has 2 N–H and O–H groups in total. The van der Waals surface area contributed by atoms with Crippen LogP contribution in [-0.2, 0) is 17.9 Å². The predicted octanol–water partition coefficient (Wildman–Crippen LogP) is 3.89. The van der Waals surface area contributed by atoms with Gasteiger partial charge >= 0.3 is 0 Å². The second-order valence-electron chi connectivity index (χ2n) is 6.29. The number of amides is 2. The van der Waals surface area contributed by atoms with Crippen LogP contribution in [0.5, 0.6) is 0 Å². The van der Waals surface area contributed by atoms with Crippen LogP contribution < -0.4 is 10.6 Å². The van der Waals surface area contributed by atoms with Crippen LogP contribution in [0.4, 0.5) is 0 Å². The van der Waals surface area contributed by atoms with Crippen LogP contribution in [0, 0.1) is 0 Å². The molecule has 0 saturated heterocycles. The Labute approximate surface area is 173 Å². The fourth-order valence-electron chi connectivity index (χ4n) is 2.65. The van der Waals surface area contributed by atoms with Crippen molar-refractivity contribution in [2.75, 3.05) is 6.54 Å². The number of halogens is 2. The first-order chi connectivity index (χ1) is 13.5. The highest BCUT2D eigenvalue weighted by Crippen LogP contribution is 2.12. The summed E-state index contributed by atoms with van der Waals surface area (Å²) < 4.78 is 2.03. The van der Waals surface area contributed by atoms with Crippen LogP contribution in [0.3, 0.4) is 0 Å². The Kier molecular flexibility index (Phi) is 6.74. The Hall–Kier alpha value is -2.76. The third kappa shape index (κ3) is 5.87. The highest BCUT2D eigenvalue weighted by atomic mass is 35.5. The minimum Gasteiger partial charge on any atom is -0.350 e. The Morgan fingerprint density at radius 1 is 0.893 bits per heavy atom. The third-order valence-corrected chi connectivity index (χ3v) is 4.56. The molecular formula is C21H19Cl2N3O2. The third-order valence-electron chi connectivity index (χ3n) is 4.08. The first-order valence-corrected chi connectivity index (χ1v) is 9.45. The lowest BCUT2D eigenvalue weighted by Crippen LogP contribution is -2.36. The van der Waals surface area contributed by atoms with Gasteiger partial charge in [-0.05, 0) is 47.5 Å². The van der Waals surface area contributed by atoms with E-state index in [0.29, 0.717) is 22.2 Å². The minimum absolute atomic E-state index is 0.100. The van der Waals surface area contributed by atoms with Crippen LogP contribution in [0.15, 0.2) is 67.0 Å². The second kappa shape index (κ2) is 9.44. The number of carbonyl (C=O) groups is 2. The SMILES string of the molecule is O=C(CNC(=O)c1cccc(Cl)c1)NCc1ccn(Cc2ccc(Cl)cc2)c1. The van der Waals surface area contributed by atoms with Gasteiger partial charge in [0.2, 0.25) is 5.91 Å². The van der Waals surface area contributed by atoms with Crippen molar-refractivity contribution in [3.8, 4) is 0 Å². The minimum atomic E-state index is -0.341. The Balaban J connectivity index is 1.44. The van der Waals surface area contributed by atoms with Crippen LogP contribution in [-0.4, -0.2) is 22.9 Å². The molecule has 1 heterocycles. The lowest BCUT2D eigenvalue weighted by atomic mass is 10.2. The average molecular weight is 416 g/mol. The van der Waals surface area contributed by atoms with Gasteiger partial charge in [-0.2, -0.15) is 0 Å². The maximum Gasteiger partial charge on any atom is 0.251 e. The second-order valence-corrected chi connectivity index (χ2v) is 7.16. The summed E-state index contributed by atoms with van der Waals surface area (Å²) in [4.78, 5) is 24.0. The zero-order chi connectivity index (χ0) is 19.9. The maximum absolute atomic E-state index is 12.0. The van der Waals surface area contributed by atoms with Crippen molar-refractivity contribution in [2.45, 2.75) is 13.1 Å². The molecule has 5 nitrogen and oxygen atoms in total. The molecule has 1 aromatic heterocycles. The van der Waals surface area contributed by atoms with E-state index in [9.17, 15) is 9.59 Å². The Morgan fingerprint density at radius 3 is 2.43 bits per heavy atom. The van der Waals surface area contributed by atoms with E-state index in [4.69, 9.17) is 23.2 Å². The van der Waals surface area contributed by atoms with Crippen molar-refractivity contribution in [2.24, 2.45) is 0 Å². The molecule has 0 atom stereocenters. The van der Waals surface area contributed by atoms with Crippen molar-refractivity contribution in [1.82, 2.24) is 15.2 Å². The van der Waals surface area contributed by atoms with E-state index in [1.54, 1.807) is 24.3 Å². The van der Waals surface area contributed by atoms with Gasteiger partial charge in [-0.25, -0.2) is 0 Å². The summed E-state index contributed by atoms with van der Waals surface area (Å²) in [6, 6.07) is 16.2. The van der Waals surface area contributed by atoms with Gasteiger partial charge in [0.1, 0.15) is 0 Å². The largest absolute Gasteiger partial charge is 0.350 e. The summed E-state index contributed by atoms with van der Waals surface area (Å²) >= 11 is 11.8. The summed E-state index contributed by atoms with van der Waals surface area (Å²) in [6.07, 6.45) is 3.93. The number of benzene rings is 2. The van der Waals surface area contributed by atoms with Crippen LogP contribution in [0.2, 0.25) is 10.0 Å². The highest BCUT2D eigenvalue weighted by molar-refractivity contribution is 6.31. The van der Waals surface area contributed by atoms with Crippen LogP contribution in [0.1, 0.15) is 21.5 Å². The molecule has 0 aliphatic carbocycles. The fraction of sp³-hybridized carbons (Fsp3) is 0.143. The summed E-state index contributed by atoms with van der Waals surface area (Å²) in [5.41, 5.74) is 2.53. The van der Waals surface area contributed by atoms with E-state index in [1.807, 2.05) is 47.3 Å². The maximum atomic E-state index is 12.0. The lowest BCUT2D eigenvalue weighted by molar-refractivity contribution is -0.120. The molecule has 0 spiro atoms. The zero-order valence-corrected chi connectivity index (χ0v) is 16.5. The first kappa shape index (κ1) is 20.0. The molecule has 0 aliphatic rings. The van der Waals surface area contributed by atoms with E-state index >= 15 is 0 Å². The summed E-state index contributed by atoms with van der Waals surface area (Å²) in [6.45, 7) is 1.01. The Morgan fingerprint density at radius 2 is 1.68 bits per heavy atom. The molecular weight excluding hydrogens is 397 g/mol. The molecule has 3 rings (SSSR count). The summed E-state index contributed by atoms with van der Waals surface area (Å²) in [5, 5.41) is 6.55. The quantitative estimate of drug-likeness (QED) is 0.614. The number of aromatic nitrogens is 1. The molecule has 0 bridgehead atoms. The predicted molar refractivity (Wildman–Crippen MR) is 111 cm³/mol. The topological polar surface area (TPSA) is 63.1 Å². The lowest BCUT2D eigenvalue weighted by Gasteiger charge is -2.07. The number of rotatable bonds is 7.